The van der Waals surface area contributed by atoms with Crippen molar-refractivity contribution < 1.29 is 4.79 Å². The topological polar surface area (TPSA) is 48.1 Å². The van der Waals surface area contributed by atoms with Gasteiger partial charge in [-0.25, -0.2) is 0 Å². The molecule has 2 N–H and O–H groups in total. The first-order valence-corrected chi connectivity index (χ1v) is 6.19. The van der Waals surface area contributed by atoms with Crippen LogP contribution in [0.5, 0.6) is 0 Å². The van der Waals surface area contributed by atoms with Gasteiger partial charge in [0, 0.05) is 30.9 Å². The van der Waals surface area contributed by atoms with Crippen LogP contribution in [0.3, 0.4) is 0 Å². The van der Waals surface area contributed by atoms with Gasteiger partial charge < -0.3 is 15.2 Å². The van der Waals surface area contributed by atoms with Crippen molar-refractivity contribution in [2.24, 2.45) is 0 Å². The van der Waals surface area contributed by atoms with E-state index in [1.165, 1.54) is 0 Å². The molecule has 1 aliphatic heterocycles. The van der Waals surface area contributed by atoms with Crippen LogP contribution in [-0.2, 0) is 0 Å². The van der Waals surface area contributed by atoms with E-state index >= 15 is 0 Å². The quantitative estimate of drug-likeness (QED) is 0.774. The number of aromatic nitrogens is 1. The number of H-pyrrole nitrogens is 1. The Labute approximate surface area is 102 Å². The number of piperazine rings is 1. The molecule has 2 rings (SSSR count). The maximum atomic E-state index is 12.4. The maximum absolute atomic E-state index is 12.4. The van der Waals surface area contributed by atoms with Crippen LogP contribution < -0.4 is 5.32 Å². The zero-order valence-corrected chi connectivity index (χ0v) is 11.0. The number of hydrogen-bond acceptors (Lipinski definition) is 2. The molecule has 4 heteroatoms. The zero-order chi connectivity index (χ0) is 12.6. The van der Waals surface area contributed by atoms with E-state index in [0.717, 1.165) is 30.0 Å². The fraction of sp³-hybridized carbons (Fsp3) is 0.615. The summed E-state index contributed by atoms with van der Waals surface area (Å²) < 4.78 is 0. The highest BCUT2D eigenvalue weighted by Gasteiger charge is 2.26. The van der Waals surface area contributed by atoms with E-state index in [-0.39, 0.29) is 5.91 Å². The molecule has 0 aliphatic carbocycles. The van der Waals surface area contributed by atoms with Gasteiger partial charge in [-0.15, -0.1) is 0 Å². The fourth-order valence-electron chi connectivity index (χ4n) is 2.60. The molecule has 94 valence electrons. The molecule has 1 amide bonds. The second-order valence-corrected chi connectivity index (χ2v) is 5.19. The van der Waals surface area contributed by atoms with Crippen molar-refractivity contribution in [2.75, 3.05) is 13.1 Å². The Hall–Kier alpha value is -1.29. The fourth-order valence-corrected chi connectivity index (χ4v) is 2.60. The molecule has 1 aromatic rings. The molecule has 1 aliphatic rings. The summed E-state index contributed by atoms with van der Waals surface area (Å²) in [6.07, 6.45) is 0. The monoisotopic (exact) mass is 235 g/mol. The molecule has 1 aromatic heterocycles. The summed E-state index contributed by atoms with van der Waals surface area (Å²) >= 11 is 0. The largest absolute Gasteiger partial charge is 0.354 e. The van der Waals surface area contributed by atoms with Gasteiger partial charge in [-0.05, 0) is 39.3 Å². The molecular weight excluding hydrogens is 214 g/mol. The van der Waals surface area contributed by atoms with Crippen LogP contribution in [0.1, 0.15) is 35.6 Å². The van der Waals surface area contributed by atoms with Gasteiger partial charge >= 0.3 is 0 Å². The molecule has 2 atom stereocenters. The molecule has 4 nitrogen and oxygen atoms in total. The van der Waals surface area contributed by atoms with Crippen LogP contribution >= 0.6 is 0 Å². The number of amides is 1. The lowest BCUT2D eigenvalue weighted by Crippen LogP contribution is -2.56. The molecule has 0 spiro atoms. The summed E-state index contributed by atoms with van der Waals surface area (Å²) in [5, 5.41) is 3.43. The summed E-state index contributed by atoms with van der Waals surface area (Å²) in [5.74, 6) is 0.121. The molecule has 0 bridgehead atoms. The lowest BCUT2D eigenvalue weighted by molar-refractivity contribution is 0.0667. The van der Waals surface area contributed by atoms with Gasteiger partial charge in [0.1, 0.15) is 5.69 Å². The molecule has 17 heavy (non-hydrogen) atoms. The minimum absolute atomic E-state index is 0.121. The molecule has 0 saturated carbocycles. The second-order valence-electron chi connectivity index (χ2n) is 5.19. The van der Waals surface area contributed by atoms with E-state index in [1.807, 2.05) is 24.8 Å². The minimum Gasteiger partial charge on any atom is -0.354 e. The Morgan fingerprint density at radius 2 is 1.88 bits per heavy atom. The third kappa shape index (κ3) is 2.52. The van der Waals surface area contributed by atoms with Gasteiger partial charge in [-0.1, -0.05) is 0 Å². The van der Waals surface area contributed by atoms with E-state index in [4.69, 9.17) is 0 Å². The van der Waals surface area contributed by atoms with Crippen LogP contribution in [0.2, 0.25) is 0 Å². The Morgan fingerprint density at radius 3 is 2.35 bits per heavy atom. The van der Waals surface area contributed by atoms with E-state index in [1.54, 1.807) is 0 Å². The first-order chi connectivity index (χ1) is 7.97. The summed E-state index contributed by atoms with van der Waals surface area (Å²) in [7, 11) is 0. The molecule has 2 heterocycles. The van der Waals surface area contributed by atoms with Crippen molar-refractivity contribution in [1.29, 1.82) is 0 Å². The third-order valence-electron chi connectivity index (χ3n) is 3.21. The van der Waals surface area contributed by atoms with Gasteiger partial charge in [-0.3, -0.25) is 4.79 Å². The number of nitrogens with zero attached hydrogens (tertiary/aromatic N) is 1. The molecule has 0 unspecified atom stereocenters. The van der Waals surface area contributed by atoms with Crippen LogP contribution in [0, 0.1) is 13.8 Å². The van der Waals surface area contributed by atoms with Crippen molar-refractivity contribution >= 4 is 5.91 Å². The van der Waals surface area contributed by atoms with Gasteiger partial charge in [-0.2, -0.15) is 0 Å². The van der Waals surface area contributed by atoms with Gasteiger partial charge in [0.15, 0.2) is 0 Å². The first kappa shape index (κ1) is 12.2. The van der Waals surface area contributed by atoms with Gasteiger partial charge in [0.25, 0.3) is 5.91 Å². The number of rotatable bonds is 1. The maximum Gasteiger partial charge on any atom is 0.270 e. The number of aromatic amines is 1. The Balaban J connectivity index is 2.17. The van der Waals surface area contributed by atoms with E-state index in [2.05, 4.69) is 24.1 Å². The van der Waals surface area contributed by atoms with Gasteiger partial charge in [0.05, 0.1) is 0 Å². The van der Waals surface area contributed by atoms with E-state index in [9.17, 15) is 4.79 Å². The van der Waals surface area contributed by atoms with Crippen LogP contribution in [0.25, 0.3) is 0 Å². The Morgan fingerprint density at radius 1 is 1.29 bits per heavy atom. The highest BCUT2D eigenvalue weighted by atomic mass is 16.2. The van der Waals surface area contributed by atoms with Crippen LogP contribution in [0.15, 0.2) is 6.07 Å². The van der Waals surface area contributed by atoms with Crippen molar-refractivity contribution in [3.63, 3.8) is 0 Å². The highest BCUT2D eigenvalue weighted by Crippen LogP contribution is 2.14. The average Bonchev–Trinajstić information content (AvgIpc) is 2.55. The molecule has 0 aromatic carbocycles. The number of carbonyl (C=O) groups is 1. The minimum atomic E-state index is 0.121. The Kier molecular flexibility index (Phi) is 3.24. The molecular formula is C13H21N3O. The predicted octanol–water partition coefficient (Wildman–Crippen LogP) is 1.45. The summed E-state index contributed by atoms with van der Waals surface area (Å²) in [4.78, 5) is 17.5. The van der Waals surface area contributed by atoms with Crippen LogP contribution in [-0.4, -0.2) is 41.0 Å². The van der Waals surface area contributed by atoms with E-state index in [0.29, 0.717) is 12.1 Å². The predicted molar refractivity (Wildman–Crippen MR) is 68.2 cm³/mol. The zero-order valence-electron chi connectivity index (χ0n) is 11.0. The summed E-state index contributed by atoms with van der Waals surface area (Å²) in [6, 6.07) is 2.74. The smallest absolute Gasteiger partial charge is 0.270 e. The SMILES string of the molecule is Cc1cc(C)c(C(=O)N2C[C@@H](C)N[C@H](C)C2)[nH]1. The molecule has 1 saturated heterocycles. The van der Waals surface area contributed by atoms with Crippen molar-refractivity contribution in [3.8, 4) is 0 Å². The number of nitrogens with one attached hydrogen (secondary N) is 2. The Bertz CT molecular complexity index is 414. The lowest BCUT2D eigenvalue weighted by atomic mass is 10.1. The first-order valence-electron chi connectivity index (χ1n) is 6.19. The number of aryl methyl sites for hydroxylation is 2. The highest BCUT2D eigenvalue weighted by molar-refractivity contribution is 5.94. The summed E-state index contributed by atoms with van der Waals surface area (Å²) in [6.45, 7) is 9.74. The second kappa shape index (κ2) is 4.53. The van der Waals surface area contributed by atoms with Crippen molar-refractivity contribution in [2.45, 2.75) is 39.8 Å². The van der Waals surface area contributed by atoms with E-state index < -0.39 is 0 Å². The van der Waals surface area contributed by atoms with Gasteiger partial charge in [0.2, 0.25) is 0 Å². The third-order valence-corrected chi connectivity index (χ3v) is 3.21. The van der Waals surface area contributed by atoms with Crippen LogP contribution in [0.4, 0.5) is 0 Å². The summed E-state index contributed by atoms with van der Waals surface area (Å²) in [5.41, 5.74) is 2.82. The molecule has 0 radical (unpaired) electrons. The normalized spacial score (nSPS) is 25.1. The standard InChI is InChI=1S/C13H21N3O/c1-8-5-9(2)15-12(8)13(17)16-6-10(3)14-11(4)7-16/h5,10-11,14-15H,6-7H2,1-4H3/t10-,11-/m1/s1. The molecule has 1 fully saturated rings. The van der Waals surface area contributed by atoms with Crippen molar-refractivity contribution in [1.82, 2.24) is 15.2 Å². The number of carbonyl (C=O) groups excluding carboxylic acids is 1. The lowest BCUT2D eigenvalue weighted by Gasteiger charge is -2.36. The average molecular weight is 235 g/mol. The van der Waals surface area contributed by atoms with Crippen molar-refractivity contribution in [3.05, 3.63) is 23.0 Å². The number of hydrogen-bond donors (Lipinski definition) is 2.